The Morgan fingerprint density at radius 3 is 2.17 bits per heavy atom. The molecule has 0 aliphatic carbocycles. The van der Waals surface area contributed by atoms with Gasteiger partial charge in [0.15, 0.2) is 5.13 Å². The molecule has 2 saturated heterocycles. The normalized spacial score (nSPS) is 16.0. The van der Waals surface area contributed by atoms with E-state index in [9.17, 15) is 4.79 Å². The average Bonchev–Trinajstić information content (AvgIpc) is 3.47. The predicted octanol–water partition coefficient (Wildman–Crippen LogP) is 8.17. The quantitative estimate of drug-likeness (QED) is 0.166. The minimum absolute atomic E-state index is 0.134. The maximum atomic E-state index is 13.9. The van der Waals surface area contributed by atoms with E-state index in [1.54, 1.807) is 0 Å². The Morgan fingerprint density at radius 2 is 1.52 bits per heavy atom. The lowest BCUT2D eigenvalue weighted by Gasteiger charge is -2.29. The number of rotatable bonds is 12. The minimum atomic E-state index is -0.134. The number of halogens is 1. The van der Waals surface area contributed by atoms with Gasteiger partial charge in [0.05, 0.1) is 13.2 Å². The van der Waals surface area contributed by atoms with Crippen LogP contribution in [0.3, 0.4) is 0 Å². The molecule has 46 heavy (non-hydrogen) atoms. The second-order valence-electron chi connectivity index (χ2n) is 12.2. The summed E-state index contributed by atoms with van der Waals surface area (Å²) >= 11 is 8.01. The van der Waals surface area contributed by atoms with Gasteiger partial charge in [-0.3, -0.25) is 10.2 Å². The summed E-state index contributed by atoms with van der Waals surface area (Å²) in [7, 11) is 0. The van der Waals surface area contributed by atoms with E-state index in [1.165, 1.54) is 28.0 Å². The van der Waals surface area contributed by atoms with Crippen molar-refractivity contribution >= 4 is 34.1 Å². The molecule has 9 heteroatoms. The van der Waals surface area contributed by atoms with E-state index in [-0.39, 0.29) is 11.9 Å². The molecule has 7 nitrogen and oxygen atoms in total. The first-order valence-corrected chi connectivity index (χ1v) is 17.6. The van der Waals surface area contributed by atoms with Crippen LogP contribution in [0.4, 0.5) is 9.93 Å². The largest absolute Gasteiger partial charge is 0.381 e. The Kier molecular flexibility index (Phi) is 11.7. The lowest BCUT2D eigenvalue weighted by atomic mass is 9.88. The molecule has 0 unspecified atom stereocenters. The van der Waals surface area contributed by atoms with Crippen LogP contribution in [0.1, 0.15) is 48.3 Å². The van der Waals surface area contributed by atoms with E-state index in [4.69, 9.17) is 26.1 Å². The second-order valence-corrected chi connectivity index (χ2v) is 13.8. The molecule has 2 amide bonds. The van der Waals surface area contributed by atoms with E-state index in [2.05, 4.69) is 83.0 Å². The van der Waals surface area contributed by atoms with E-state index in [1.807, 2.05) is 17.0 Å². The van der Waals surface area contributed by atoms with Gasteiger partial charge >= 0.3 is 6.03 Å². The first-order valence-electron chi connectivity index (χ1n) is 16.4. The number of benzene rings is 3. The van der Waals surface area contributed by atoms with Gasteiger partial charge in [-0.05, 0) is 48.3 Å². The summed E-state index contributed by atoms with van der Waals surface area (Å²) in [5.74, 6) is 0.753. The van der Waals surface area contributed by atoms with Crippen molar-refractivity contribution in [3.8, 4) is 11.3 Å². The van der Waals surface area contributed by atoms with Gasteiger partial charge in [0.2, 0.25) is 0 Å². The fourth-order valence-electron chi connectivity index (χ4n) is 6.36. The third-order valence-electron chi connectivity index (χ3n) is 9.06. The van der Waals surface area contributed by atoms with Crippen LogP contribution in [0, 0.1) is 5.92 Å². The third-order valence-corrected chi connectivity index (χ3v) is 10.2. The summed E-state index contributed by atoms with van der Waals surface area (Å²) in [6, 6.07) is 29.4. The Morgan fingerprint density at radius 1 is 0.891 bits per heavy atom. The van der Waals surface area contributed by atoms with Crippen molar-refractivity contribution in [2.75, 3.05) is 57.9 Å². The number of carbonyl (C=O) groups excluding carboxylic acids is 1. The molecule has 0 bridgehead atoms. The number of hydrogen-bond acceptors (Lipinski definition) is 6. The highest BCUT2D eigenvalue weighted by molar-refractivity contribution is 7.20. The Labute approximate surface area is 281 Å². The predicted molar refractivity (Wildman–Crippen MR) is 187 cm³/mol. The van der Waals surface area contributed by atoms with Gasteiger partial charge in [-0.1, -0.05) is 108 Å². The first kappa shape index (κ1) is 32.7. The third kappa shape index (κ3) is 8.96. The fourth-order valence-corrected chi connectivity index (χ4v) is 7.43. The van der Waals surface area contributed by atoms with Crippen LogP contribution in [0.15, 0.2) is 84.9 Å². The summed E-state index contributed by atoms with van der Waals surface area (Å²) in [4.78, 5) is 23.0. The molecule has 1 aromatic heterocycles. The molecule has 0 spiro atoms. The number of hydrogen-bond donors (Lipinski definition) is 1. The molecular weight excluding hydrogens is 616 g/mol. The monoisotopic (exact) mass is 658 g/mol. The number of anilines is 1. The van der Waals surface area contributed by atoms with Crippen LogP contribution in [-0.2, 0) is 16.0 Å². The van der Waals surface area contributed by atoms with Gasteiger partial charge in [0.1, 0.15) is 10.0 Å². The molecule has 0 radical (unpaired) electrons. The average molecular weight is 659 g/mol. The molecule has 0 atom stereocenters. The zero-order valence-electron chi connectivity index (χ0n) is 26.3. The van der Waals surface area contributed by atoms with E-state index >= 15 is 0 Å². The number of urea groups is 1. The zero-order chi connectivity index (χ0) is 31.6. The number of amides is 2. The molecule has 4 aromatic rings. The van der Waals surface area contributed by atoms with Gasteiger partial charge in [0.25, 0.3) is 0 Å². The lowest BCUT2D eigenvalue weighted by Crippen LogP contribution is -2.38. The Balaban J connectivity index is 1.14. The van der Waals surface area contributed by atoms with Crippen molar-refractivity contribution in [3.05, 3.63) is 106 Å². The number of aromatic nitrogens is 1. The maximum Gasteiger partial charge on any atom is 0.323 e. The smallest absolute Gasteiger partial charge is 0.323 e. The summed E-state index contributed by atoms with van der Waals surface area (Å²) < 4.78 is 11.6. The number of nitrogens with zero attached hydrogens (tertiary/aromatic N) is 3. The zero-order valence-corrected chi connectivity index (χ0v) is 27.9. The van der Waals surface area contributed by atoms with Gasteiger partial charge < -0.3 is 14.4 Å². The molecule has 1 N–H and O–H groups in total. The highest BCUT2D eigenvalue weighted by atomic mass is 35.5. The summed E-state index contributed by atoms with van der Waals surface area (Å²) in [6.07, 6.45) is 3.86. The van der Waals surface area contributed by atoms with Crippen LogP contribution in [0.5, 0.6) is 0 Å². The van der Waals surface area contributed by atoms with Crippen molar-refractivity contribution in [2.45, 2.75) is 38.1 Å². The highest BCUT2D eigenvalue weighted by Gasteiger charge is 2.23. The van der Waals surface area contributed by atoms with E-state index < -0.39 is 0 Å². The van der Waals surface area contributed by atoms with Gasteiger partial charge in [0, 0.05) is 57.4 Å². The molecule has 2 aliphatic heterocycles. The minimum Gasteiger partial charge on any atom is -0.381 e. The summed E-state index contributed by atoms with van der Waals surface area (Å²) in [5.41, 5.74) is 5.39. The Hall–Kier alpha value is -3.27. The fraction of sp³-hybridized carbons (Fsp3) is 0.405. The lowest BCUT2D eigenvalue weighted by molar-refractivity contribution is 0.0342. The van der Waals surface area contributed by atoms with Crippen LogP contribution in [0.25, 0.3) is 11.3 Å². The van der Waals surface area contributed by atoms with E-state index in [0.29, 0.717) is 34.2 Å². The van der Waals surface area contributed by atoms with Crippen LogP contribution in [-0.4, -0.2) is 73.4 Å². The van der Waals surface area contributed by atoms with Gasteiger partial charge in [-0.15, -0.1) is 0 Å². The molecule has 0 saturated carbocycles. The molecular formula is C37H43ClN4O3S. The number of morpholine rings is 1. The number of ether oxygens (including phenoxy) is 2. The van der Waals surface area contributed by atoms with Crippen molar-refractivity contribution in [3.63, 3.8) is 0 Å². The van der Waals surface area contributed by atoms with Crippen LogP contribution >= 0.6 is 22.9 Å². The van der Waals surface area contributed by atoms with Crippen molar-refractivity contribution in [1.82, 2.24) is 14.8 Å². The SMILES string of the molecule is O=C(Nc1nc(-c2ccc(CN3CCOCC3)cc2)c(Cl)s1)N(CCC1CCOCC1)CCC(c1ccccc1)c1ccccc1. The van der Waals surface area contributed by atoms with Crippen LogP contribution in [0.2, 0.25) is 4.34 Å². The number of carbonyl (C=O) groups is 1. The highest BCUT2D eigenvalue weighted by Crippen LogP contribution is 2.36. The molecule has 3 aromatic carbocycles. The van der Waals surface area contributed by atoms with Crippen molar-refractivity contribution in [1.29, 1.82) is 0 Å². The second kappa shape index (κ2) is 16.5. The van der Waals surface area contributed by atoms with E-state index in [0.717, 1.165) is 77.3 Å². The number of nitrogens with one attached hydrogen (secondary N) is 1. The van der Waals surface area contributed by atoms with Crippen molar-refractivity contribution < 1.29 is 14.3 Å². The van der Waals surface area contributed by atoms with Crippen molar-refractivity contribution in [2.24, 2.45) is 5.92 Å². The van der Waals surface area contributed by atoms with Crippen LogP contribution < -0.4 is 5.32 Å². The first-order chi connectivity index (χ1) is 22.6. The maximum absolute atomic E-state index is 13.9. The summed E-state index contributed by atoms with van der Waals surface area (Å²) in [6.45, 7) is 7.29. The van der Waals surface area contributed by atoms with Gasteiger partial charge in [-0.25, -0.2) is 9.78 Å². The molecule has 6 rings (SSSR count). The van der Waals surface area contributed by atoms with Gasteiger partial charge in [-0.2, -0.15) is 0 Å². The molecule has 3 heterocycles. The standard InChI is InChI=1S/C37H43ClN4O3S/c38-35-34(32-13-11-29(12-14-32)27-41-21-25-45-26-22-41)39-36(46-35)40-37(43)42(19-15-28-17-23-44-24-18-28)20-16-33(30-7-3-1-4-8-30)31-9-5-2-6-10-31/h1-14,28,33H,15-27H2,(H,39,40,43). The topological polar surface area (TPSA) is 66.9 Å². The Bertz CT molecular complexity index is 1470. The number of thiazole rings is 1. The molecule has 2 fully saturated rings. The summed E-state index contributed by atoms with van der Waals surface area (Å²) in [5, 5.41) is 3.61. The molecule has 242 valence electrons. The molecule has 2 aliphatic rings.